The van der Waals surface area contributed by atoms with E-state index in [2.05, 4.69) is 10.3 Å². The second kappa shape index (κ2) is 8.71. The number of oxazole rings is 1. The largest absolute Gasteiger partial charge is 0.495 e. The molecule has 30 heavy (non-hydrogen) atoms. The Morgan fingerprint density at radius 2 is 1.90 bits per heavy atom. The monoisotopic (exact) mass is 452 g/mol. The van der Waals surface area contributed by atoms with Crippen LogP contribution in [0, 0.1) is 0 Å². The fourth-order valence-corrected chi connectivity index (χ4v) is 3.41. The second-order valence-corrected chi connectivity index (χ2v) is 7.97. The van der Waals surface area contributed by atoms with E-state index >= 15 is 0 Å². The Balaban J connectivity index is 2.06. The molecule has 0 spiro atoms. The van der Waals surface area contributed by atoms with Gasteiger partial charge in [0.2, 0.25) is 15.9 Å². The lowest BCUT2D eigenvalue weighted by molar-refractivity contribution is 0.161. The topological polar surface area (TPSA) is 157 Å². The van der Waals surface area contributed by atoms with Gasteiger partial charge in [-0.1, -0.05) is 11.6 Å². The molecule has 10 nitrogen and oxygen atoms in total. The number of primary sulfonamides is 1. The zero-order chi connectivity index (χ0) is 21.9. The number of hydrogen-bond donors (Lipinski definition) is 4. The van der Waals surface area contributed by atoms with Crippen LogP contribution in [0.4, 0.5) is 4.79 Å². The van der Waals surface area contributed by atoms with Gasteiger partial charge >= 0.3 is 6.03 Å². The van der Waals surface area contributed by atoms with Gasteiger partial charge in [0.1, 0.15) is 11.4 Å². The summed E-state index contributed by atoms with van der Waals surface area (Å²) in [5, 5.41) is 16.4. The minimum absolute atomic E-state index is 0.0543. The summed E-state index contributed by atoms with van der Waals surface area (Å²) in [6.45, 7) is -0.113. The number of nitrogens with two attached hydrogens (primary N) is 1. The van der Waals surface area contributed by atoms with Crippen molar-refractivity contribution in [1.82, 2.24) is 15.8 Å². The third-order valence-corrected chi connectivity index (χ3v) is 5.27. The lowest BCUT2D eigenvalue weighted by Crippen LogP contribution is -2.32. The number of nitrogens with zero attached hydrogens (tertiary/aromatic N) is 1. The number of benzene rings is 2. The summed E-state index contributed by atoms with van der Waals surface area (Å²) in [5.41, 5.74) is 2.97. The predicted molar refractivity (Wildman–Crippen MR) is 107 cm³/mol. The minimum Gasteiger partial charge on any atom is -0.495 e. The molecule has 0 radical (unpaired) electrons. The predicted octanol–water partition coefficient (Wildman–Crippen LogP) is 2.51. The molecule has 0 aliphatic carbocycles. The van der Waals surface area contributed by atoms with Gasteiger partial charge in [-0.2, -0.15) is 0 Å². The Kier molecular flexibility index (Phi) is 6.27. The number of sulfonamides is 1. The molecule has 0 fully saturated rings. The van der Waals surface area contributed by atoms with Crippen molar-refractivity contribution < 1.29 is 27.6 Å². The maximum absolute atomic E-state index is 11.5. The summed E-state index contributed by atoms with van der Waals surface area (Å²) in [4.78, 5) is 15.6. The Morgan fingerprint density at radius 1 is 1.23 bits per heavy atom. The van der Waals surface area contributed by atoms with Crippen molar-refractivity contribution in [2.75, 3.05) is 7.11 Å². The summed E-state index contributed by atoms with van der Waals surface area (Å²) >= 11 is 6.22. The standard InChI is InChI=1S/C18H17ClN4O6S/c1-28-14-7-4-11(8-13(14)19)16-17(29-15(22-16)9-21-18(24)23-25)10-2-5-12(6-3-10)30(20,26)27/h2-8,25H,9H2,1H3,(H2,20,26,27)(H2,21,23,24). The molecular formula is C18H17ClN4O6S. The molecule has 0 aliphatic heterocycles. The Hall–Kier alpha value is -3.12. The summed E-state index contributed by atoms with van der Waals surface area (Å²) in [6, 6.07) is 9.92. The zero-order valence-electron chi connectivity index (χ0n) is 15.5. The van der Waals surface area contributed by atoms with Crippen LogP contribution in [0.1, 0.15) is 5.89 Å². The number of ether oxygens (including phenoxy) is 1. The number of nitrogens with one attached hydrogen (secondary N) is 2. The van der Waals surface area contributed by atoms with Crippen LogP contribution in [-0.4, -0.2) is 31.7 Å². The fourth-order valence-electron chi connectivity index (χ4n) is 2.64. The van der Waals surface area contributed by atoms with Crippen LogP contribution in [0.2, 0.25) is 5.02 Å². The highest BCUT2D eigenvalue weighted by Gasteiger charge is 2.19. The number of aromatic nitrogens is 1. The molecule has 0 atom stereocenters. The summed E-state index contributed by atoms with van der Waals surface area (Å²) in [5.74, 6) is 0.939. The van der Waals surface area contributed by atoms with E-state index in [0.717, 1.165) is 0 Å². The van der Waals surface area contributed by atoms with Gasteiger partial charge in [0.15, 0.2) is 5.76 Å². The molecule has 2 amide bonds. The van der Waals surface area contributed by atoms with E-state index in [1.165, 1.54) is 36.9 Å². The average molecular weight is 453 g/mol. The fraction of sp³-hybridized carbons (Fsp3) is 0.111. The van der Waals surface area contributed by atoms with Crippen LogP contribution in [0.5, 0.6) is 5.75 Å². The van der Waals surface area contributed by atoms with Crippen LogP contribution >= 0.6 is 11.6 Å². The first-order valence-corrected chi connectivity index (χ1v) is 10.3. The lowest BCUT2D eigenvalue weighted by Gasteiger charge is -2.06. The molecule has 0 saturated heterocycles. The van der Waals surface area contributed by atoms with Crippen molar-refractivity contribution >= 4 is 27.7 Å². The van der Waals surface area contributed by atoms with Gasteiger partial charge in [-0.05, 0) is 42.5 Å². The number of rotatable bonds is 6. The van der Waals surface area contributed by atoms with E-state index < -0.39 is 16.1 Å². The van der Waals surface area contributed by atoms with E-state index in [0.29, 0.717) is 33.4 Å². The van der Waals surface area contributed by atoms with Crippen molar-refractivity contribution in [3.63, 3.8) is 0 Å². The Bertz CT molecular complexity index is 1180. The number of methoxy groups -OCH3 is 1. The van der Waals surface area contributed by atoms with E-state index in [1.807, 2.05) is 0 Å². The quantitative estimate of drug-likeness (QED) is 0.330. The van der Waals surface area contributed by atoms with Crippen molar-refractivity contribution in [3.8, 4) is 28.3 Å². The maximum Gasteiger partial charge on any atom is 0.338 e. The highest BCUT2D eigenvalue weighted by Crippen LogP contribution is 2.36. The number of amides is 2. The number of hydroxylamine groups is 1. The number of carbonyl (C=O) groups is 1. The first kappa shape index (κ1) is 21.6. The molecule has 3 aromatic rings. The molecule has 2 aromatic carbocycles. The van der Waals surface area contributed by atoms with Gasteiger partial charge in [0.25, 0.3) is 0 Å². The Labute approximate surface area is 176 Å². The van der Waals surface area contributed by atoms with Crippen LogP contribution < -0.4 is 20.7 Å². The highest BCUT2D eigenvalue weighted by molar-refractivity contribution is 7.89. The first-order chi connectivity index (χ1) is 14.2. The highest BCUT2D eigenvalue weighted by atomic mass is 35.5. The van der Waals surface area contributed by atoms with E-state index in [1.54, 1.807) is 18.2 Å². The third kappa shape index (κ3) is 4.71. The van der Waals surface area contributed by atoms with Crippen molar-refractivity contribution in [2.45, 2.75) is 11.4 Å². The van der Waals surface area contributed by atoms with Gasteiger partial charge in [-0.25, -0.2) is 28.8 Å². The van der Waals surface area contributed by atoms with Crippen LogP contribution in [0.25, 0.3) is 22.6 Å². The van der Waals surface area contributed by atoms with E-state index in [-0.39, 0.29) is 17.3 Å². The van der Waals surface area contributed by atoms with Crippen LogP contribution in [0.3, 0.4) is 0 Å². The molecule has 158 valence electrons. The van der Waals surface area contributed by atoms with Gasteiger partial charge < -0.3 is 14.5 Å². The maximum atomic E-state index is 11.5. The summed E-state index contributed by atoms with van der Waals surface area (Å²) in [6.07, 6.45) is 0. The SMILES string of the molecule is COc1ccc(-c2nc(CNC(=O)NO)oc2-c2ccc(S(N)(=O)=O)cc2)cc1Cl. The van der Waals surface area contributed by atoms with Crippen molar-refractivity contribution in [3.05, 3.63) is 53.4 Å². The second-order valence-electron chi connectivity index (χ2n) is 6.00. The lowest BCUT2D eigenvalue weighted by atomic mass is 10.1. The van der Waals surface area contributed by atoms with Crippen molar-refractivity contribution in [2.24, 2.45) is 5.14 Å². The van der Waals surface area contributed by atoms with Gasteiger partial charge in [0, 0.05) is 11.1 Å². The zero-order valence-corrected chi connectivity index (χ0v) is 17.1. The van der Waals surface area contributed by atoms with Gasteiger partial charge in [-0.3, -0.25) is 5.21 Å². The van der Waals surface area contributed by atoms with Crippen LogP contribution in [-0.2, 0) is 16.6 Å². The van der Waals surface area contributed by atoms with Gasteiger partial charge in [-0.15, -0.1) is 0 Å². The number of halogens is 1. The number of carbonyl (C=O) groups excluding carboxylic acids is 1. The molecule has 0 saturated carbocycles. The molecule has 12 heteroatoms. The number of urea groups is 1. The summed E-state index contributed by atoms with van der Waals surface area (Å²) < 4.78 is 33.9. The number of hydrogen-bond acceptors (Lipinski definition) is 7. The van der Waals surface area contributed by atoms with Crippen LogP contribution in [0.15, 0.2) is 51.8 Å². The van der Waals surface area contributed by atoms with Crippen molar-refractivity contribution in [1.29, 1.82) is 0 Å². The molecule has 5 N–H and O–H groups in total. The average Bonchev–Trinajstić information content (AvgIpc) is 3.15. The van der Waals surface area contributed by atoms with E-state index in [4.69, 9.17) is 31.1 Å². The molecule has 0 unspecified atom stereocenters. The smallest absolute Gasteiger partial charge is 0.338 e. The molecule has 1 aromatic heterocycles. The third-order valence-electron chi connectivity index (χ3n) is 4.04. The molecule has 0 bridgehead atoms. The minimum atomic E-state index is -3.85. The molecule has 1 heterocycles. The molecule has 3 rings (SSSR count). The summed E-state index contributed by atoms with van der Waals surface area (Å²) in [7, 11) is -2.36. The first-order valence-electron chi connectivity index (χ1n) is 8.37. The molecule has 0 aliphatic rings. The van der Waals surface area contributed by atoms with E-state index in [9.17, 15) is 13.2 Å². The normalized spacial score (nSPS) is 11.2. The Morgan fingerprint density at radius 3 is 2.47 bits per heavy atom. The van der Waals surface area contributed by atoms with Gasteiger partial charge in [0.05, 0.1) is 23.6 Å². The molecular weight excluding hydrogens is 436 g/mol.